The minimum absolute atomic E-state index is 0.0660. The summed E-state index contributed by atoms with van der Waals surface area (Å²) in [5, 5.41) is 9.08. The summed E-state index contributed by atoms with van der Waals surface area (Å²) >= 11 is 3.39. The third-order valence-corrected chi connectivity index (χ3v) is 4.18. The third kappa shape index (κ3) is 2.26. The van der Waals surface area contributed by atoms with E-state index in [1.54, 1.807) is 0 Å². The van der Waals surface area contributed by atoms with Crippen molar-refractivity contribution in [2.75, 3.05) is 19.8 Å². The molecule has 1 aromatic rings. The first kappa shape index (κ1) is 11.6. The average Bonchev–Trinajstić information content (AvgIpc) is 2.99. The highest BCUT2D eigenvalue weighted by Crippen LogP contribution is 2.37. The molecule has 0 amide bonds. The monoisotopic (exact) mass is 301 g/mol. The molecule has 0 aliphatic carbocycles. The fourth-order valence-electron chi connectivity index (χ4n) is 2.64. The Hall–Kier alpha value is -0.460. The van der Waals surface area contributed by atoms with Crippen LogP contribution in [0.25, 0.3) is 0 Å². The Morgan fingerprint density at radius 2 is 2.47 bits per heavy atom. The van der Waals surface area contributed by atoms with Gasteiger partial charge in [-0.3, -0.25) is 0 Å². The van der Waals surface area contributed by atoms with Crippen molar-refractivity contribution < 1.29 is 9.47 Å². The molecule has 2 saturated heterocycles. The van der Waals surface area contributed by atoms with Crippen LogP contribution in [-0.2, 0) is 14.8 Å². The molecule has 2 atom stereocenters. The zero-order valence-corrected chi connectivity index (χ0v) is 11.2. The molecule has 5 nitrogen and oxygen atoms in total. The number of ether oxygens (including phenoxy) is 2. The van der Waals surface area contributed by atoms with Crippen molar-refractivity contribution in [3.8, 4) is 0 Å². The highest BCUT2D eigenvalue weighted by atomic mass is 79.9. The first-order valence-corrected chi connectivity index (χ1v) is 7.12. The lowest BCUT2D eigenvalue weighted by Crippen LogP contribution is -2.41. The molecule has 2 fully saturated rings. The third-order valence-electron chi connectivity index (χ3n) is 3.60. The second kappa shape index (κ2) is 4.66. The lowest BCUT2D eigenvalue weighted by molar-refractivity contribution is -0.0964. The minimum atomic E-state index is -0.0660. The van der Waals surface area contributed by atoms with Crippen LogP contribution in [0.15, 0.2) is 6.20 Å². The Morgan fingerprint density at radius 1 is 1.53 bits per heavy atom. The summed E-state index contributed by atoms with van der Waals surface area (Å²) in [6, 6.07) is 0.394. The van der Waals surface area contributed by atoms with E-state index in [-0.39, 0.29) is 5.60 Å². The molecular formula is C11H16BrN3O2. The normalized spacial score (nSPS) is 33.4. The summed E-state index contributed by atoms with van der Waals surface area (Å²) in [7, 11) is 0. The van der Waals surface area contributed by atoms with Gasteiger partial charge in [0.05, 0.1) is 23.9 Å². The molecule has 2 unspecified atom stereocenters. The molecule has 2 aliphatic heterocycles. The van der Waals surface area contributed by atoms with E-state index in [1.807, 2.05) is 10.9 Å². The summed E-state index contributed by atoms with van der Waals surface area (Å²) in [4.78, 5) is 0. The Balaban J connectivity index is 1.74. The Labute approximate surface area is 109 Å². The van der Waals surface area contributed by atoms with Crippen LogP contribution in [0.1, 0.15) is 31.0 Å². The van der Waals surface area contributed by atoms with Crippen LogP contribution in [-0.4, -0.2) is 40.4 Å². The van der Waals surface area contributed by atoms with E-state index in [4.69, 9.17) is 9.47 Å². The van der Waals surface area contributed by atoms with Crippen molar-refractivity contribution in [3.05, 3.63) is 11.9 Å². The topological polar surface area (TPSA) is 49.2 Å². The van der Waals surface area contributed by atoms with Gasteiger partial charge in [-0.05, 0) is 6.42 Å². The molecule has 2 aliphatic rings. The van der Waals surface area contributed by atoms with Crippen molar-refractivity contribution in [2.24, 2.45) is 0 Å². The van der Waals surface area contributed by atoms with Gasteiger partial charge in [-0.15, -0.1) is 5.10 Å². The van der Waals surface area contributed by atoms with Gasteiger partial charge >= 0.3 is 0 Å². The van der Waals surface area contributed by atoms with Gasteiger partial charge in [0, 0.05) is 37.6 Å². The highest BCUT2D eigenvalue weighted by Gasteiger charge is 2.41. The maximum absolute atomic E-state index is 5.92. The van der Waals surface area contributed by atoms with Crippen LogP contribution in [0, 0.1) is 0 Å². The smallest absolute Gasteiger partial charge is 0.0957 e. The number of rotatable bonds is 2. The number of aromatic nitrogens is 3. The van der Waals surface area contributed by atoms with Gasteiger partial charge in [-0.1, -0.05) is 21.1 Å². The van der Waals surface area contributed by atoms with Crippen molar-refractivity contribution in [2.45, 2.75) is 36.2 Å². The van der Waals surface area contributed by atoms with Crippen LogP contribution >= 0.6 is 15.9 Å². The molecule has 3 rings (SSSR count). The molecule has 0 aromatic carbocycles. The molecule has 6 heteroatoms. The number of nitrogens with zero attached hydrogens (tertiary/aromatic N) is 3. The van der Waals surface area contributed by atoms with Gasteiger partial charge in [-0.25, -0.2) is 4.68 Å². The highest BCUT2D eigenvalue weighted by molar-refractivity contribution is 9.08. The molecule has 0 radical (unpaired) electrons. The van der Waals surface area contributed by atoms with E-state index in [9.17, 15) is 0 Å². The SMILES string of the molecule is BrCc1cn(C2CCOC3(CCOC3)C2)nn1. The van der Waals surface area contributed by atoms with Crippen molar-refractivity contribution in [1.82, 2.24) is 15.0 Å². The van der Waals surface area contributed by atoms with E-state index in [2.05, 4.69) is 26.2 Å². The van der Waals surface area contributed by atoms with Crippen LogP contribution < -0.4 is 0 Å². The van der Waals surface area contributed by atoms with Gasteiger partial charge < -0.3 is 9.47 Å². The molecule has 3 heterocycles. The van der Waals surface area contributed by atoms with E-state index in [0.29, 0.717) is 6.04 Å². The summed E-state index contributed by atoms with van der Waals surface area (Å²) in [5.74, 6) is 0. The van der Waals surface area contributed by atoms with Gasteiger partial charge in [0.15, 0.2) is 0 Å². The Morgan fingerprint density at radius 3 is 3.18 bits per heavy atom. The summed E-state index contributed by atoms with van der Waals surface area (Å²) in [6.07, 6.45) is 5.02. The summed E-state index contributed by atoms with van der Waals surface area (Å²) < 4.78 is 13.4. The first-order valence-electron chi connectivity index (χ1n) is 6.00. The lowest BCUT2D eigenvalue weighted by Gasteiger charge is -2.36. The zero-order chi connectivity index (χ0) is 11.7. The number of hydrogen-bond acceptors (Lipinski definition) is 4. The van der Waals surface area contributed by atoms with Crippen LogP contribution in [0.2, 0.25) is 0 Å². The molecule has 0 N–H and O–H groups in total. The van der Waals surface area contributed by atoms with E-state index >= 15 is 0 Å². The second-order valence-electron chi connectivity index (χ2n) is 4.80. The van der Waals surface area contributed by atoms with Crippen molar-refractivity contribution in [3.63, 3.8) is 0 Å². The molecule has 0 bridgehead atoms. The van der Waals surface area contributed by atoms with Crippen molar-refractivity contribution >= 4 is 15.9 Å². The molecule has 94 valence electrons. The minimum Gasteiger partial charge on any atom is -0.378 e. The maximum Gasteiger partial charge on any atom is 0.0957 e. The van der Waals surface area contributed by atoms with Crippen LogP contribution in [0.3, 0.4) is 0 Å². The average molecular weight is 302 g/mol. The Bertz CT molecular complexity index is 390. The number of halogens is 1. The predicted molar refractivity (Wildman–Crippen MR) is 65.0 cm³/mol. The van der Waals surface area contributed by atoms with E-state index in [0.717, 1.165) is 50.1 Å². The van der Waals surface area contributed by atoms with E-state index < -0.39 is 0 Å². The predicted octanol–water partition coefficient (Wildman–Crippen LogP) is 1.68. The molecule has 1 aromatic heterocycles. The lowest BCUT2D eigenvalue weighted by atomic mass is 9.90. The zero-order valence-electron chi connectivity index (χ0n) is 9.64. The van der Waals surface area contributed by atoms with Crippen molar-refractivity contribution in [1.29, 1.82) is 0 Å². The largest absolute Gasteiger partial charge is 0.378 e. The van der Waals surface area contributed by atoms with Gasteiger partial charge in [0.2, 0.25) is 0 Å². The molecular weight excluding hydrogens is 286 g/mol. The van der Waals surface area contributed by atoms with E-state index in [1.165, 1.54) is 0 Å². The first-order chi connectivity index (χ1) is 8.31. The number of hydrogen-bond donors (Lipinski definition) is 0. The van der Waals surface area contributed by atoms with Gasteiger partial charge in [0.25, 0.3) is 0 Å². The van der Waals surface area contributed by atoms with Crippen LogP contribution in [0.4, 0.5) is 0 Å². The quantitative estimate of drug-likeness (QED) is 0.780. The standard InChI is InChI=1S/C11H16BrN3O2/c12-6-9-7-15(14-13-9)10-1-3-17-11(5-10)2-4-16-8-11/h7,10H,1-6,8H2. The summed E-state index contributed by atoms with van der Waals surface area (Å²) in [5.41, 5.74) is 0.914. The second-order valence-corrected chi connectivity index (χ2v) is 5.36. The fraction of sp³-hybridized carbons (Fsp3) is 0.818. The fourth-order valence-corrected chi connectivity index (χ4v) is 2.90. The van der Waals surface area contributed by atoms with Gasteiger partial charge in [-0.2, -0.15) is 0 Å². The Kier molecular flexibility index (Phi) is 3.19. The molecule has 17 heavy (non-hydrogen) atoms. The summed E-state index contributed by atoms with van der Waals surface area (Å²) in [6.45, 7) is 2.33. The molecule has 1 spiro atoms. The molecule has 0 saturated carbocycles. The van der Waals surface area contributed by atoms with Gasteiger partial charge in [0.1, 0.15) is 0 Å². The van der Waals surface area contributed by atoms with Crippen LogP contribution in [0.5, 0.6) is 0 Å². The maximum atomic E-state index is 5.92. The number of alkyl halides is 1.